The Hall–Kier alpha value is -1.46. The van der Waals surface area contributed by atoms with Gasteiger partial charge in [0.2, 0.25) is 0 Å². The van der Waals surface area contributed by atoms with Crippen LogP contribution < -0.4 is 0 Å². The number of carboxylic acids is 1. The van der Waals surface area contributed by atoms with E-state index in [9.17, 15) is 18.4 Å². The van der Waals surface area contributed by atoms with Gasteiger partial charge in [-0.25, -0.2) is 4.79 Å². The van der Waals surface area contributed by atoms with E-state index >= 15 is 0 Å². The maximum atomic E-state index is 13.9. The predicted molar refractivity (Wildman–Crippen MR) is 80.1 cm³/mol. The molecule has 0 saturated heterocycles. The monoisotopic (exact) mass is 330 g/mol. The van der Waals surface area contributed by atoms with Crippen LogP contribution in [0.15, 0.2) is 11.6 Å². The first kappa shape index (κ1) is 17.9. The highest BCUT2D eigenvalue weighted by Gasteiger charge is 2.54. The summed E-state index contributed by atoms with van der Waals surface area (Å²) >= 11 is 0. The number of esters is 1. The minimum Gasteiger partial charge on any atom is -0.477 e. The van der Waals surface area contributed by atoms with Crippen LogP contribution >= 0.6 is 0 Å². The summed E-state index contributed by atoms with van der Waals surface area (Å²) in [5, 5.41) is 8.75. The molecule has 4 nitrogen and oxygen atoms in total. The normalized spacial score (nSPS) is 29.0. The molecule has 0 aromatic rings. The van der Waals surface area contributed by atoms with Gasteiger partial charge in [0.25, 0.3) is 0 Å². The van der Waals surface area contributed by atoms with Crippen LogP contribution in [-0.2, 0) is 14.3 Å². The first-order valence-electron chi connectivity index (χ1n) is 8.10. The van der Waals surface area contributed by atoms with Crippen LogP contribution in [0.3, 0.4) is 0 Å². The third kappa shape index (κ3) is 3.40. The molecule has 0 aromatic heterocycles. The second-order valence-corrected chi connectivity index (χ2v) is 7.32. The number of carbonyl (C=O) groups is 2. The van der Waals surface area contributed by atoms with Crippen LogP contribution in [0.1, 0.15) is 52.9 Å². The summed E-state index contributed by atoms with van der Waals surface area (Å²) in [6.45, 7) is 4.86. The van der Waals surface area contributed by atoms with Gasteiger partial charge < -0.3 is 9.84 Å². The van der Waals surface area contributed by atoms with Crippen molar-refractivity contribution in [2.75, 3.05) is 0 Å². The van der Waals surface area contributed by atoms with E-state index in [1.807, 2.05) is 6.92 Å². The Balaban J connectivity index is 2.22. The van der Waals surface area contributed by atoms with Crippen LogP contribution in [0.5, 0.6) is 0 Å². The topological polar surface area (TPSA) is 63.6 Å². The fraction of sp³-hybridized carbons (Fsp3) is 0.765. The van der Waals surface area contributed by atoms with Gasteiger partial charge in [-0.2, -0.15) is 8.78 Å². The molecule has 6 heteroatoms. The van der Waals surface area contributed by atoms with Gasteiger partial charge in [-0.15, -0.1) is 0 Å². The molecule has 3 atom stereocenters. The Bertz CT molecular complexity index is 527. The van der Waals surface area contributed by atoms with E-state index in [2.05, 4.69) is 6.08 Å². The van der Waals surface area contributed by atoms with Gasteiger partial charge in [-0.3, -0.25) is 4.79 Å². The highest BCUT2D eigenvalue weighted by Crippen LogP contribution is 2.49. The SMILES string of the molecule is CC1C=C2CCCC(C(=O)OC(C(C)C)C(F)(F)C(=O)O)(C2)C1. The molecule has 23 heavy (non-hydrogen) atoms. The van der Waals surface area contributed by atoms with Crippen LogP contribution in [0.25, 0.3) is 0 Å². The summed E-state index contributed by atoms with van der Waals surface area (Å²) in [6, 6.07) is 0. The van der Waals surface area contributed by atoms with E-state index in [0.29, 0.717) is 19.3 Å². The van der Waals surface area contributed by atoms with Gasteiger partial charge in [0, 0.05) is 0 Å². The lowest BCUT2D eigenvalue weighted by molar-refractivity contribution is -0.205. The summed E-state index contributed by atoms with van der Waals surface area (Å²) in [5.41, 5.74) is 0.404. The summed E-state index contributed by atoms with van der Waals surface area (Å²) in [7, 11) is 0. The van der Waals surface area contributed by atoms with Crippen LogP contribution in [-0.4, -0.2) is 29.1 Å². The molecule has 1 N–H and O–H groups in total. The van der Waals surface area contributed by atoms with Gasteiger partial charge >= 0.3 is 17.9 Å². The number of hydrogen-bond acceptors (Lipinski definition) is 3. The summed E-state index contributed by atoms with van der Waals surface area (Å²) in [4.78, 5) is 23.5. The van der Waals surface area contributed by atoms with Crippen molar-refractivity contribution in [2.45, 2.75) is 64.9 Å². The summed E-state index contributed by atoms with van der Waals surface area (Å²) in [5.74, 6) is -7.61. The van der Waals surface area contributed by atoms with Gasteiger partial charge in [-0.05, 0) is 43.9 Å². The van der Waals surface area contributed by atoms with Gasteiger partial charge in [0.1, 0.15) is 0 Å². The Kier molecular flexibility index (Phi) is 4.83. The van der Waals surface area contributed by atoms with Crippen LogP contribution in [0, 0.1) is 17.3 Å². The van der Waals surface area contributed by atoms with Crippen molar-refractivity contribution in [3.63, 3.8) is 0 Å². The molecule has 3 unspecified atom stereocenters. The molecule has 0 aliphatic heterocycles. The lowest BCUT2D eigenvalue weighted by Crippen LogP contribution is -2.50. The van der Waals surface area contributed by atoms with E-state index in [-0.39, 0.29) is 5.92 Å². The summed E-state index contributed by atoms with van der Waals surface area (Å²) in [6.07, 6.45) is 3.67. The smallest absolute Gasteiger partial charge is 0.378 e. The van der Waals surface area contributed by atoms with E-state index in [0.717, 1.165) is 12.8 Å². The lowest BCUT2D eigenvalue weighted by Gasteiger charge is -2.42. The number of hydrogen-bond donors (Lipinski definition) is 1. The van der Waals surface area contributed by atoms with Crippen molar-refractivity contribution in [3.05, 3.63) is 11.6 Å². The fourth-order valence-corrected chi connectivity index (χ4v) is 3.91. The highest BCUT2D eigenvalue weighted by molar-refractivity contribution is 5.80. The van der Waals surface area contributed by atoms with E-state index in [4.69, 9.17) is 9.84 Å². The second kappa shape index (κ2) is 6.21. The van der Waals surface area contributed by atoms with Gasteiger partial charge in [-0.1, -0.05) is 32.4 Å². The third-order valence-corrected chi connectivity index (χ3v) is 4.87. The zero-order valence-corrected chi connectivity index (χ0v) is 13.8. The van der Waals surface area contributed by atoms with Gasteiger partial charge in [0.05, 0.1) is 5.41 Å². The predicted octanol–water partition coefficient (Wildman–Crippen LogP) is 3.80. The molecule has 0 amide bonds. The molecule has 0 radical (unpaired) electrons. The maximum absolute atomic E-state index is 13.9. The van der Waals surface area contributed by atoms with Gasteiger partial charge in [0.15, 0.2) is 6.10 Å². The first-order valence-corrected chi connectivity index (χ1v) is 8.10. The van der Waals surface area contributed by atoms with Crippen molar-refractivity contribution in [1.29, 1.82) is 0 Å². The molecule has 130 valence electrons. The molecular weight excluding hydrogens is 306 g/mol. The molecular formula is C17H24F2O4. The standard InChI is InChI=1S/C17H24F2O4/c1-10(2)13(17(18,19)14(20)21)23-15(22)16-6-4-5-12(9-16)7-11(3)8-16/h7,10-11,13H,4-6,8-9H2,1-3H3,(H,20,21). The largest absolute Gasteiger partial charge is 0.477 e. The van der Waals surface area contributed by atoms with E-state index in [1.54, 1.807) is 0 Å². The zero-order chi connectivity index (χ0) is 17.4. The Morgan fingerprint density at radius 2 is 2.09 bits per heavy atom. The molecule has 0 spiro atoms. The Morgan fingerprint density at radius 3 is 2.65 bits per heavy atom. The molecule has 2 rings (SSSR count). The molecule has 2 bridgehead atoms. The molecule has 2 aliphatic rings. The fourth-order valence-electron chi connectivity index (χ4n) is 3.91. The van der Waals surface area contributed by atoms with Crippen molar-refractivity contribution in [1.82, 2.24) is 0 Å². The molecule has 1 fully saturated rings. The molecule has 0 aromatic carbocycles. The third-order valence-electron chi connectivity index (χ3n) is 4.87. The van der Waals surface area contributed by atoms with Crippen molar-refractivity contribution >= 4 is 11.9 Å². The first-order chi connectivity index (χ1) is 10.6. The number of carbonyl (C=O) groups excluding carboxylic acids is 1. The van der Waals surface area contributed by atoms with Crippen LogP contribution in [0.2, 0.25) is 0 Å². The Morgan fingerprint density at radius 1 is 1.43 bits per heavy atom. The highest BCUT2D eigenvalue weighted by atomic mass is 19.3. The molecule has 1 saturated carbocycles. The van der Waals surface area contributed by atoms with E-state index < -0.39 is 35.3 Å². The second-order valence-electron chi connectivity index (χ2n) is 7.32. The average Bonchev–Trinajstić information content (AvgIpc) is 2.42. The Labute approximate surface area is 134 Å². The summed E-state index contributed by atoms with van der Waals surface area (Å²) < 4.78 is 32.9. The quantitative estimate of drug-likeness (QED) is 0.615. The average molecular weight is 330 g/mol. The molecule has 0 heterocycles. The maximum Gasteiger partial charge on any atom is 0.378 e. The minimum absolute atomic E-state index is 0.198. The van der Waals surface area contributed by atoms with Crippen molar-refractivity contribution in [2.24, 2.45) is 17.3 Å². The number of carboxylic acid groups (broad SMARTS) is 1. The number of aliphatic carboxylic acids is 1. The minimum atomic E-state index is -4.09. The lowest BCUT2D eigenvalue weighted by atomic mass is 9.63. The number of ether oxygens (including phenoxy) is 1. The van der Waals surface area contributed by atoms with Crippen LogP contribution in [0.4, 0.5) is 8.78 Å². The number of rotatable bonds is 5. The van der Waals surface area contributed by atoms with Crippen molar-refractivity contribution < 1.29 is 28.2 Å². The number of halogens is 2. The number of alkyl halides is 2. The van der Waals surface area contributed by atoms with Crippen molar-refractivity contribution in [3.8, 4) is 0 Å². The molecule has 2 aliphatic carbocycles. The zero-order valence-electron chi connectivity index (χ0n) is 13.8. The number of allylic oxidation sites excluding steroid dienone is 2. The number of fused-ring (bicyclic) bond motifs is 2. The van der Waals surface area contributed by atoms with E-state index in [1.165, 1.54) is 19.4 Å².